The lowest BCUT2D eigenvalue weighted by Crippen LogP contribution is -2.23. The number of hydroxylamine groups is 1. The molecule has 18 heavy (non-hydrogen) atoms. The SMILES string of the molecule is CCONC(=O)c1cc(-c2ccccc2Cl)on1. The summed E-state index contributed by atoms with van der Waals surface area (Å²) in [5.74, 6) is -0.0267. The molecule has 94 valence electrons. The molecule has 0 aliphatic heterocycles. The highest BCUT2D eigenvalue weighted by molar-refractivity contribution is 6.33. The Morgan fingerprint density at radius 3 is 3.00 bits per heavy atom. The summed E-state index contributed by atoms with van der Waals surface area (Å²) in [7, 11) is 0. The van der Waals surface area contributed by atoms with Crippen LogP contribution in [0.3, 0.4) is 0 Å². The average Bonchev–Trinajstić information content (AvgIpc) is 2.86. The van der Waals surface area contributed by atoms with Crippen LogP contribution in [0.4, 0.5) is 0 Å². The van der Waals surface area contributed by atoms with E-state index in [0.29, 0.717) is 23.0 Å². The maximum absolute atomic E-state index is 11.5. The fraction of sp³-hybridized carbons (Fsp3) is 0.167. The largest absolute Gasteiger partial charge is 0.355 e. The Bertz CT molecular complexity index is 554. The quantitative estimate of drug-likeness (QED) is 0.864. The Morgan fingerprint density at radius 2 is 2.28 bits per heavy atom. The highest BCUT2D eigenvalue weighted by Crippen LogP contribution is 2.27. The van der Waals surface area contributed by atoms with E-state index in [-0.39, 0.29) is 5.69 Å². The van der Waals surface area contributed by atoms with Crippen molar-refractivity contribution in [2.45, 2.75) is 6.92 Å². The predicted molar refractivity (Wildman–Crippen MR) is 66.0 cm³/mol. The summed E-state index contributed by atoms with van der Waals surface area (Å²) in [5, 5.41) is 4.19. The van der Waals surface area contributed by atoms with Crippen LogP contribution in [-0.4, -0.2) is 17.7 Å². The summed E-state index contributed by atoms with van der Waals surface area (Å²) in [6.07, 6.45) is 0. The molecular weight excluding hydrogens is 256 g/mol. The van der Waals surface area contributed by atoms with Crippen molar-refractivity contribution in [3.8, 4) is 11.3 Å². The van der Waals surface area contributed by atoms with E-state index in [1.807, 2.05) is 12.1 Å². The number of hydrogen-bond donors (Lipinski definition) is 1. The zero-order valence-electron chi connectivity index (χ0n) is 9.64. The predicted octanol–water partition coefficient (Wildman–Crippen LogP) is 2.68. The molecule has 0 saturated carbocycles. The summed E-state index contributed by atoms with van der Waals surface area (Å²) in [6.45, 7) is 2.14. The molecule has 1 amide bonds. The number of halogens is 1. The van der Waals surface area contributed by atoms with Gasteiger partial charge in [0.2, 0.25) is 0 Å². The van der Waals surface area contributed by atoms with Gasteiger partial charge < -0.3 is 4.52 Å². The molecule has 0 fully saturated rings. The number of amides is 1. The number of nitrogens with zero attached hydrogens (tertiary/aromatic N) is 1. The zero-order valence-corrected chi connectivity index (χ0v) is 10.4. The van der Waals surface area contributed by atoms with Crippen LogP contribution in [0, 0.1) is 0 Å². The monoisotopic (exact) mass is 266 g/mol. The van der Waals surface area contributed by atoms with Gasteiger partial charge in [0.25, 0.3) is 5.91 Å². The van der Waals surface area contributed by atoms with Crippen molar-refractivity contribution < 1.29 is 14.2 Å². The van der Waals surface area contributed by atoms with Gasteiger partial charge >= 0.3 is 0 Å². The van der Waals surface area contributed by atoms with Gasteiger partial charge in [-0.25, -0.2) is 5.48 Å². The molecule has 0 unspecified atom stereocenters. The van der Waals surface area contributed by atoms with Gasteiger partial charge in [-0.15, -0.1) is 0 Å². The van der Waals surface area contributed by atoms with Crippen LogP contribution >= 0.6 is 11.6 Å². The molecule has 0 atom stereocenters. The topological polar surface area (TPSA) is 64.4 Å². The van der Waals surface area contributed by atoms with Gasteiger partial charge in [0.15, 0.2) is 11.5 Å². The van der Waals surface area contributed by atoms with E-state index in [9.17, 15) is 4.79 Å². The van der Waals surface area contributed by atoms with Crippen LogP contribution in [-0.2, 0) is 4.84 Å². The third-order valence-corrected chi connectivity index (χ3v) is 2.52. The number of nitrogens with one attached hydrogen (secondary N) is 1. The third-order valence-electron chi connectivity index (χ3n) is 2.19. The van der Waals surface area contributed by atoms with Crippen molar-refractivity contribution in [3.05, 3.63) is 41.0 Å². The summed E-state index contributed by atoms with van der Waals surface area (Å²) >= 11 is 6.02. The van der Waals surface area contributed by atoms with Crippen LogP contribution in [0.5, 0.6) is 0 Å². The number of aromatic nitrogens is 1. The van der Waals surface area contributed by atoms with Gasteiger partial charge in [0.05, 0.1) is 11.6 Å². The Hall–Kier alpha value is -1.85. The normalized spacial score (nSPS) is 10.3. The maximum atomic E-state index is 11.5. The molecule has 0 aliphatic rings. The maximum Gasteiger partial charge on any atom is 0.297 e. The van der Waals surface area contributed by atoms with E-state index in [0.717, 1.165) is 0 Å². The van der Waals surface area contributed by atoms with Gasteiger partial charge in [0.1, 0.15) is 0 Å². The molecule has 2 rings (SSSR count). The molecule has 0 aliphatic carbocycles. The number of carbonyl (C=O) groups is 1. The molecule has 0 radical (unpaired) electrons. The molecule has 0 spiro atoms. The highest BCUT2D eigenvalue weighted by atomic mass is 35.5. The minimum Gasteiger partial charge on any atom is -0.355 e. The third kappa shape index (κ3) is 2.69. The number of hydrogen-bond acceptors (Lipinski definition) is 4. The molecule has 2 aromatic rings. The van der Waals surface area contributed by atoms with Gasteiger partial charge in [-0.3, -0.25) is 9.63 Å². The van der Waals surface area contributed by atoms with Crippen LogP contribution < -0.4 is 5.48 Å². The van der Waals surface area contributed by atoms with Crippen molar-refractivity contribution in [2.24, 2.45) is 0 Å². The molecule has 5 nitrogen and oxygen atoms in total. The summed E-state index contributed by atoms with van der Waals surface area (Å²) < 4.78 is 5.08. The molecule has 1 aromatic carbocycles. The van der Waals surface area contributed by atoms with E-state index >= 15 is 0 Å². The Kier molecular flexibility index (Phi) is 3.96. The smallest absolute Gasteiger partial charge is 0.297 e. The first-order valence-electron chi connectivity index (χ1n) is 5.36. The molecule has 1 heterocycles. The van der Waals surface area contributed by atoms with Crippen molar-refractivity contribution in [2.75, 3.05) is 6.61 Å². The highest BCUT2D eigenvalue weighted by Gasteiger charge is 2.14. The van der Waals surface area contributed by atoms with Gasteiger partial charge in [0, 0.05) is 11.6 Å². The van der Waals surface area contributed by atoms with E-state index < -0.39 is 5.91 Å². The number of rotatable bonds is 4. The molecule has 6 heteroatoms. The van der Waals surface area contributed by atoms with Crippen LogP contribution in [0.25, 0.3) is 11.3 Å². The summed E-state index contributed by atoms with van der Waals surface area (Å²) in [4.78, 5) is 16.3. The van der Waals surface area contributed by atoms with Gasteiger partial charge in [-0.1, -0.05) is 28.9 Å². The lowest BCUT2D eigenvalue weighted by molar-refractivity contribution is 0.0357. The van der Waals surface area contributed by atoms with Gasteiger partial charge in [-0.05, 0) is 19.1 Å². The minimum absolute atomic E-state index is 0.137. The van der Waals surface area contributed by atoms with Crippen LogP contribution in [0.2, 0.25) is 5.02 Å². The average molecular weight is 267 g/mol. The number of benzene rings is 1. The van der Waals surface area contributed by atoms with E-state index in [1.54, 1.807) is 19.1 Å². The van der Waals surface area contributed by atoms with Crippen LogP contribution in [0.1, 0.15) is 17.4 Å². The van der Waals surface area contributed by atoms with E-state index in [4.69, 9.17) is 21.0 Å². The Morgan fingerprint density at radius 1 is 1.50 bits per heavy atom. The fourth-order valence-electron chi connectivity index (χ4n) is 1.36. The molecule has 0 bridgehead atoms. The van der Waals surface area contributed by atoms with Crippen molar-refractivity contribution >= 4 is 17.5 Å². The Labute approximate surface area is 109 Å². The van der Waals surface area contributed by atoms with E-state index in [1.165, 1.54) is 6.07 Å². The Balaban J connectivity index is 2.21. The second-order valence-corrected chi connectivity index (χ2v) is 3.83. The fourth-order valence-corrected chi connectivity index (χ4v) is 1.59. The van der Waals surface area contributed by atoms with E-state index in [2.05, 4.69) is 10.6 Å². The molecular formula is C12H11ClN2O3. The lowest BCUT2D eigenvalue weighted by atomic mass is 10.1. The first-order valence-corrected chi connectivity index (χ1v) is 5.74. The zero-order chi connectivity index (χ0) is 13.0. The first kappa shape index (κ1) is 12.6. The summed E-state index contributed by atoms with van der Waals surface area (Å²) in [5.41, 5.74) is 3.05. The van der Waals surface area contributed by atoms with Crippen molar-refractivity contribution in [1.29, 1.82) is 0 Å². The molecule has 1 N–H and O–H groups in total. The minimum atomic E-state index is -0.459. The second kappa shape index (κ2) is 5.66. The molecule has 0 saturated heterocycles. The lowest BCUT2D eigenvalue weighted by Gasteiger charge is -1.98. The summed E-state index contributed by atoms with van der Waals surface area (Å²) in [6, 6.07) is 8.66. The number of carbonyl (C=O) groups excluding carboxylic acids is 1. The van der Waals surface area contributed by atoms with Crippen molar-refractivity contribution in [1.82, 2.24) is 10.6 Å². The molecule has 1 aromatic heterocycles. The van der Waals surface area contributed by atoms with Gasteiger partial charge in [-0.2, -0.15) is 0 Å². The van der Waals surface area contributed by atoms with Crippen LogP contribution in [0.15, 0.2) is 34.9 Å². The van der Waals surface area contributed by atoms with Crippen molar-refractivity contribution in [3.63, 3.8) is 0 Å². The standard InChI is InChI=1S/C12H11ClN2O3/c1-2-17-15-12(16)10-7-11(18-14-10)8-5-3-4-6-9(8)13/h3-7H,2H2,1H3,(H,15,16). The first-order chi connectivity index (χ1) is 8.72. The second-order valence-electron chi connectivity index (χ2n) is 3.42.